The summed E-state index contributed by atoms with van der Waals surface area (Å²) in [6, 6.07) is 0.351. The number of hydrogen-bond acceptors (Lipinski definition) is 1. The van der Waals surface area contributed by atoms with Crippen LogP contribution in [0.3, 0.4) is 0 Å². The van der Waals surface area contributed by atoms with Crippen molar-refractivity contribution in [3.8, 4) is 0 Å². The molecule has 0 aromatic heterocycles. The van der Waals surface area contributed by atoms with Crippen molar-refractivity contribution in [2.24, 2.45) is 23.5 Å². The third kappa shape index (κ3) is 2.04. The predicted octanol–water partition coefficient (Wildman–Crippen LogP) is 1.97. The van der Waals surface area contributed by atoms with E-state index in [1.165, 1.54) is 19.3 Å². The SMILES string of the molecule is [B]CC1CCCC(C(C)C)C1N. The molecule has 1 aliphatic carbocycles. The first-order valence-electron chi connectivity index (χ1n) is 5.12. The molecule has 0 aromatic carbocycles. The molecule has 0 bridgehead atoms. The summed E-state index contributed by atoms with van der Waals surface area (Å²) in [4.78, 5) is 0. The van der Waals surface area contributed by atoms with Crippen molar-refractivity contribution in [2.75, 3.05) is 0 Å². The van der Waals surface area contributed by atoms with Gasteiger partial charge < -0.3 is 5.73 Å². The summed E-state index contributed by atoms with van der Waals surface area (Å²) < 4.78 is 0. The molecule has 0 saturated heterocycles. The van der Waals surface area contributed by atoms with Crippen molar-refractivity contribution in [3.05, 3.63) is 0 Å². The Balaban J connectivity index is 2.53. The van der Waals surface area contributed by atoms with Gasteiger partial charge in [-0.3, -0.25) is 0 Å². The minimum atomic E-state index is 0.351. The molecule has 3 unspecified atom stereocenters. The average Bonchev–Trinajstić information content (AvgIpc) is 2.04. The Morgan fingerprint density at radius 1 is 1.42 bits per heavy atom. The highest BCUT2D eigenvalue weighted by atomic mass is 14.7. The van der Waals surface area contributed by atoms with Crippen LogP contribution in [0.25, 0.3) is 0 Å². The Bertz CT molecular complexity index is 136. The van der Waals surface area contributed by atoms with Crippen LogP contribution in [0.2, 0.25) is 6.32 Å². The van der Waals surface area contributed by atoms with E-state index in [4.69, 9.17) is 13.6 Å². The van der Waals surface area contributed by atoms with E-state index in [9.17, 15) is 0 Å². The van der Waals surface area contributed by atoms with Gasteiger partial charge in [0.05, 0.1) is 7.85 Å². The first kappa shape index (κ1) is 10.1. The summed E-state index contributed by atoms with van der Waals surface area (Å²) in [5, 5.41) is 0. The van der Waals surface area contributed by atoms with Crippen LogP contribution in [0.1, 0.15) is 33.1 Å². The second-order valence-corrected chi connectivity index (χ2v) is 4.41. The summed E-state index contributed by atoms with van der Waals surface area (Å²) in [6.45, 7) is 4.53. The third-order valence-corrected chi connectivity index (χ3v) is 3.31. The van der Waals surface area contributed by atoms with Gasteiger partial charge >= 0.3 is 0 Å². The number of nitrogens with two attached hydrogens (primary N) is 1. The minimum Gasteiger partial charge on any atom is -0.327 e. The molecule has 2 N–H and O–H groups in total. The smallest absolute Gasteiger partial charge is 0.0657 e. The van der Waals surface area contributed by atoms with E-state index in [2.05, 4.69) is 13.8 Å². The summed E-state index contributed by atoms with van der Waals surface area (Å²) in [5.74, 6) is 1.99. The van der Waals surface area contributed by atoms with E-state index in [0.29, 0.717) is 23.8 Å². The van der Waals surface area contributed by atoms with Crippen molar-refractivity contribution in [2.45, 2.75) is 45.5 Å². The van der Waals surface area contributed by atoms with E-state index in [-0.39, 0.29) is 0 Å². The highest BCUT2D eigenvalue weighted by Crippen LogP contribution is 2.33. The average molecular weight is 165 g/mol. The second kappa shape index (κ2) is 4.31. The van der Waals surface area contributed by atoms with Gasteiger partial charge in [-0.25, -0.2) is 0 Å². The van der Waals surface area contributed by atoms with Gasteiger partial charge in [-0.1, -0.05) is 26.6 Å². The van der Waals surface area contributed by atoms with Gasteiger partial charge in [0, 0.05) is 6.04 Å². The van der Waals surface area contributed by atoms with Gasteiger partial charge in [0.25, 0.3) is 0 Å². The van der Waals surface area contributed by atoms with Crippen LogP contribution in [-0.2, 0) is 0 Å². The molecule has 12 heavy (non-hydrogen) atoms. The molecule has 3 atom stereocenters. The van der Waals surface area contributed by atoms with Crippen molar-refractivity contribution in [1.29, 1.82) is 0 Å². The van der Waals surface area contributed by atoms with Gasteiger partial charge in [0.1, 0.15) is 0 Å². The molecule has 0 spiro atoms. The van der Waals surface area contributed by atoms with Crippen molar-refractivity contribution in [1.82, 2.24) is 0 Å². The summed E-state index contributed by atoms with van der Waals surface area (Å²) in [5.41, 5.74) is 6.15. The maximum absolute atomic E-state index is 6.15. The number of hydrogen-bond donors (Lipinski definition) is 1. The van der Waals surface area contributed by atoms with Gasteiger partial charge in [0.2, 0.25) is 0 Å². The lowest BCUT2D eigenvalue weighted by Gasteiger charge is -2.37. The molecule has 1 nitrogen and oxygen atoms in total. The number of rotatable bonds is 2. The van der Waals surface area contributed by atoms with Gasteiger partial charge in [-0.05, 0) is 30.6 Å². The molecular weight excluding hydrogens is 145 g/mol. The molecule has 1 rings (SSSR count). The molecule has 2 heteroatoms. The van der Waals surface area contributed by atoms with E-state index in [1.807, 2.05) is 0 Å². The fraction of sp³-hybridized carbons (Fsp3) is 1.00. The Hall–Kier alpha value is 0.0249. The maximum Gasteiger partial charge on any atom is 0.0657 e. The fourth-order valence-electron chi connectivity index (χ4n) is 2.40. The van der Waals surface area contributed by atoms with E-state index in [0.717, 1.165) is 6.32 Å². The molecule has 0 aliphatic heterocycles. The molecule has 0 aromatic rings. The Morgan fingerprint density at radius 3 is 2.58 bits per heavy atom. The molecule has 2 radical (unpaired) electrons. The Kier molecular flexibility index (Phi) is 3.63. The molecule has 1 saturated carbocycles. The quantitative estimate of drug-likeness (QED) is 0.622. The molecule has 1 fully saturated rings. The lowest BCUT2D eigenvalue weighted by molar-refractivity contribution is 0.186. The highest BCUT2D eigenvalue weighted by molar-refractivity contribution is 6.08. The summed E-state index contributed by atoms with van der Waals surface area (Å²) >= 11 is 0. The predicted molar refractivity (Wildman–Crippen MR) is 54.2 cm³/mol. The second-order valence-electron chi connectivity index (χ2n) is 4.41. The molecule has 68 valence electrons. The summed E-state index contributed by atoms with van der Waals surface area (Å²) in [7, 11) is 5.68. The standard InChI is InChI=1S/C10H20BN/c1-7(2)9-5-3-4-8(6-11)10(9)12/h7-10H,3-6,12H2,1-2H3. The van der Waals surface area contributed by atoms with Crippen LogP contribution in [0.15, 0.2) is 0 Å². The van der Waals surface area contributed by atoms with E-state index in [1.54, 1.807) is 0 Å². The van der Waals surface area contributed by atoms with Crippen molar-refractivity contribution < 1.29 is 0 Å². The maximum atomic E-state index is 6.15. The zero-order valence-electron chi connectivity index (χ0n) is 8.29. The van der Waals surface area contributed by atoms with Crippen LogP contribution in [0.5, 0.6) is 0 Å². The largest absolute Gasteiger partial charge is 0.327 e. The topological polar surface area (TPSA) is 26.0 Å². The van der Waals surface area contributed by atoms with Gasteiger partial charge in [0.15, 0.2) is 0 Å². The first-order chi connectivity index (χ1) is 5.66. The highest BCUT2D eigenvalue weighted by Gasteiger charge is 2.30. The van der Waals surface area contributed by atoms with Gasteiger partial charge in [-0.2, -0.15) is 0 Å². The summed E-state index contributed by atoms with van der Waals surface area (Å²) in [6.07, 6.45) is 4.62. The van der Waals surface area contributed by atoms with Crippen molar-refractivity contribution >= 4 is 7.85 Å². The zero-order chi connectivity index (χ0) is 9.14. The van der Waals surface area contributed by atoms with Crippen LogP contribution < -0.4 is 5.73 Å². The van der Waals surface area contributed by atoms with Crippen LogP contribution in [0, 0.1) is 17.8 Å². The Morgan fingerprint density at radius 2 is 2.08 bits per heavy atom. The lowest BCUT2D eigenvalue weighted by Crippen LogP contribution is -2.42. The third-order valence-electron chi connectivity index (χ3n) is 3.31. The van der Waals surface area contributed by atoms with Crippen LogP contribution >= 0.6 is 0 Å². The monoisotopic (exact) mass is 165 g/mol. The lowest BCUT2D eigenvalue weighted by atomic mass is 9.69. The van der Waals surface area contributed by atoms with Gasteiger partial charge in [-0.15, -0.1) is 0 Å². The molecule has 0 heterocycles. The Labute approximate surface area is 77.5 Å². The first-order valence-corrected chi connectivity index (χ1v) is 5.12. The fourth-order valence-corrected chi connectivity index (χ4v) is 2.40. The molecular formula is C10H20BN. The minimum absolute atomic E-state index is 0.351. The van der Waals surface area contributed by atoms with E-state index >= 15 is 0 Å². The van der Waals surface area contributed by atoms with Crippen molar-refractivity contribution in [3.63, 3.8) is 0 Å². The van der Waals surface area contributed by atoms with Crippen LogP contribution in [-0.4, -0.2) is 13.9 Å². The molecule has 1 aliphatic rings. The van der Waals surface area contributed by atoms with Crippen LogP contribution in [0.4, 0.5) is 0 Å². The van der Waals surface area contributed by atoms with E-state index < -0.39 is 0 Å². The zero-order valence-corrected chi connectivity index (χ0v) is 8.29. The normalized spacial score (nSPS) is 37.2. The molecule has 0 amide bonds.